The zero-order chi connectivity index (χ0) is 13.0. The average molecular weight is 248 g/mol. The highest BCUT2D eigenvalue weighted by atomic mass is 16.5. The second-order valence-corrected chi connectivity index (χ2v) is 5.37. The van der Waals surface area contributed by atoms with Gasteiger partial charge in [-0.15, -0.1) is 0 Å². The molecule has 0 aliphatic carbocycles. The number of pyridine rings is 1. The lowest BCUT2D eigenvalue weighted by Gasteiger charge is -2.38. The molecule has 0 amide bonds. The number of ether oxygens (including phenoxy) is 1. The minimum Gasteiger partial charge on any atom is -0.374 e. The third-order valence-electron chi connectivity index (χ3n) is 4.06. The van der Waals surface area contributed by atoms with Crippen LogP contribution in [-0.4, -0.2) is 29.8 Å². The van der Waals surface area contributed by atoms with E-state index in [1.54, 1.807) is 0 Å². The average Bonchev–Trinajstić information content (AvgIpc) is 2.84. The molecule has 3 nitrogen and oxygen atoms in total. The maximum absolute atomic E-state index is 6.02. The van der Waals surface area contributed by atoms with Gasteiger partial charge in [-0.1, -0.05) is 13.8 Å². The van der Waals surface area contributed by atoms with Gasteiger partial charge in [-0.05, 0) is 49.9 Å². The molecule has 0 saturated carbocycles. The summed E-state index contributed by atoms with van der Waals surface area (Å²) in [7, 11) is 0. The first-order valence-corrected chi connectivity index (χ1v) is 6.94. The van der Waals surface area contributed by atoms with Crippen molar-refractivity contribution < 1.29 is 4.74 Å². The standard InChI is InChI=1S/C15H24N2O/c1-4-17-14(15(3)8-5-11-18-15)12(2)13-6-9-16-10-7-13/h6-7,9-10,12,14,17H,4-5,8,11H2,1-3H3. The highest BCUT2D eigenvalue weighted by Crippen LogP contribution is 2.35. The number of hydrogen-bond acceptors (Lipinski definition) is 3. The van der Waals surface area contributed by atoms with Crippen LogP contribution in [0.15, 0.2) is 24.5 Å². The number of aromatic nitrogens is 1. The van der Waals surface area contributed by atoms with Gasteiger partial charge in [0.25, 0.3) is 0 Å². The van der Waals surface area contributed by atoms with Crippen molar-refractivity contribution in [2.45, 2.75) is 51.2 Å². The third kappa shape index (κ3) is 2.73. The summed E-state index contributed by atoms with van der Waals surface area (Å²) in [6, 6.07) is 4.56. The predicted octanol–water partition coefficient (Wildman–Crippen LogP) is 2.73. The summed E-state index contributed by atoms with van der Waals surface area (Å²) >= 11 is 0. The van der Waals surface area contributed by atoms with Crippen LogP contribution in [0.25, 0.3) is 0 Å². The van der Waals surface area contributed by atoms with E-state index in [-0.39, 0.29) is 5.60 Å². The van der Waals surface area contributed by atoms with E-state index in [4.69, 9.17) is 4.74 Å². The molecule has 2 heterocycles. The summed E-state index contributed by atoms with van der Waals surface area (Å²) in [4.78, 5) is 4.10. The van der Waals surface area contributed by atoms with Crippen LogP contribution in [-0.2, 0) is 4.74 Å². The summed E-state index contributed by atoms with van der Waals surface area (Å²) in [5.74, 6) is 0.427. The predicted molar refractivity (Wildman–Crippen MR) is 73.7 cm³/mol. The van der Waals surface area contributed by atoms with Crippen molar-refractivity contribution in [2.75, 3.05) is 13.2 Å². The molecule has 100 valence electrons. The lowest BCUT2D eigenvalue weighted by molar-refractivity contribution is -0.0174. The smallest absolute Gasteiger partial charge is 0.0813 e. The van der Waals surface area contributed by atoms with Crippen LogP contribution in [0.5, 0.6) is 0 Å². The Morgan fingerprint density at radius 1 is 1.44 bits per heavy atom. The zero-order valence-electron chi connectivity index (χ0n) is 11.6. The second kappa shape index (κ2) is 5.81. The Morgan fingerprint density at radius 2 is 2.17 bits per heavy atom. The molecule has 1 saturated heterocycles. The molecule has 0 radical (unpaired) electrons. The number of rotatable bonds is 5. The molecular formula is C15H24N2O. The van der Waals surface area contributed by atoms with E-state index in [9.17, 15) is 0 Å². The number of hydrogen-bond donors (Lipinski definition) is 1. The quantitative estimate of drug-likeness (QED) is 0.870. The van der Waals surface area contributed by atoms with Crippen molar-refractivity contribution in [3.8, 4) is 0 Å². The van der Waals surface area contributed by atoms with Crippen LogP contribution >= 0.6 is 0 Å². The van der Waals surface area contributed by atoms with E-state index >= 15 is 0 Å². The molecule has 1 aromatic heterocycles. The normalized spacial score (nSPS) is 27.1. The maximum atomic E-state index is 6.02. The number of likely N-dealkylation sites (N-methyl/N-ethyl adjacent to an activating group) is 1. The Labute approximate surface area is 110 Å². The van der Waals surface area contributed by atoms with E-state index in [0.29, 0.717) is 12.0 Å². The van der Waals surface area contributed by atoms with Crippen molar-refractivity contribution in [3.63, 3.8) is 0 Å². The van der Waals surface area contributed by atoms with E-state index < -0.39 is 0 Å². The van der Waals surface area contributed by atoms with E-state index in [2.05, 4.69) is 43.2 Å². The first-order chi connectivity index (χ1) is 8.67. The van der Waals surface area contributed by atoms with Crippen LogP contribution in [0.2, 0.25) is 0 Å². The Hall–Kier alpha value is -0.930. The Morgan fingerprint density at radius 3 is 2.72 bits per heavy atom. The minimum atomic E-state index is -0.0430. The second-order valence-electron chi connectivity index (χ2n) is 5.37. The van der Waals surface area contributed by atoms with Gasteiger partial charge < -0.3 is 10.1 Å². The van der Waals surface area contributed by atoms with Crippen LogP contribution in [0.4, 0.5) is 0 Å². The highest BCUT2D eigenvalue weighted by molar-refractivity contribution is 5.19. The Kier molecular flexibility index (Phi) is 4.36. The van der Waals surface area contributed by atoms with Gasteiger partial charge >= 0.3 is 0 Å². The topological polar surface area (TPSA) is 34.2 Å². The molecule has 2 rings (SSSR count). The van der Waals surface area contributed by atoms with Crippen molar-refractivity contribution in [1.82, 2.24) is 10.3 Å². The fourth-order valence-electron chi connectivity index (χ4n) is 3.05. The van der Waals surface area contributed by atoms with Gasteiger partial charge in [0.1, 0.15) is 0 Å². The largest absolute Gasteiger partial charge is 0.374 e. The van der Waals surface area contributed by atoms with Crippen molar-refractivity contribution in [2.24, 2.45) is 0 Å². The molecule has 1 aliphatic heterocycles. The zero-order valence-corrected chi connectivity index (χ0v) is 11.6. The van der Waals surface area contributed by atoms with Crippen LogP contribution in [0, 0.1) is 0 Å². The summed E-state index contributed by atoms with van der Waals surface area (Å²) < 4.78 is 6.02. The summed E-state index contributed by atoms with van der Waals surface area (Å²) in [5.41, 5.74) is 1.28. The molecular weight excluding hydrogens is 224 g/mol. The van der Waals surface area contributed by atoms with Crippen LogP contribution in [0.1, 0.15) is 45.1 Å². The fourth-order valence-corrected chi connectivity index (χ4v) is 3.05. The Bertz CT molecular complexity index is 360. The molecule has 18 heavy (non-hydrogen) atoms. The molecule has 0 bridgehead atoms. The van der Waals surface area contributed by atoms with Gasteiger partial charge in [-0.2, -0.15) is 0 Å². The minimum absolute atomic E-state index is 0.0430. The van der Waals surface area contributed by atoms with E-state index in [1.165, 1.54) is 12.0 Å². The molecule has 1 aromatic rings. The van der Waals surface area contributed by atoms with Gasteiger partial charge in [0.15, 0.2) is 0 Å². The molecule has 1 fully saturated rings. The molecule has 1 N–H and O–H groups in total. The maximum Gasteiger partial charge on any atom is 0.0813 e. The van der Waals surface area contributed by atoms with Crippen LogP contribution < -0.4 is 5.32 Å². The molecule has 0 spiro atoms. The van der Waals surface area contributed by atoms with Crippen molar-refractivity contribution in [1.29, 1.82) is 0 Å². The number of nitrogens with one attached hydrogen (secondary N) is 1. The molecule has 1 aliphatic rings. The fraction of sp³-hybridized carbons (Fsp3) is 0.667. The first kappa shape index (κ1) is 13.5. The first-order valence-electron chi connectivity index (χ1n) is 6.94. The van der Waals surface area contributed by atoms with Gasteiger partial charge in [-0.3, -0.25) is 4.98 Å². The molecule has 0 aromatic carbocycles. The summed E-state index contributed by atoms with van der Waals surface area (Å²) in [6.45, 7) is 8.53. The third-order valence-corrected chi connectivity index (χ3v) is 4.06. The monoisotopic (exact) mass is 248 g/mol. The van der Waals surface area contributed by atoms with Crippen molar-refractivity contribution in [3.05, 3.63) is 30.1 Å². The Balaban J connectivity index is 2.19. The van der Waals surface area contributed by atoms with Gasteiger partial charge in [0.2, 0.25) is 0 Å². The van der Waals surface area contributed by atoms with Gasteiger partial charge in [-0.25, -0.2) is 0 Å². The van der Waals surface area contributed by atoms with E-state index in [1.807, 2.05) is 12.4 Å². The van der Waals surface area contributed by atoms with Gasteiger partial charge in [0.05, 0.1) is 5.60 Å². The molecule has 3 atom stereocenters. The molecule has 3 heteroatoms. The summed E-state index contributed by atoms with van der Waals surface area (Å²) in [6.07, 6.45) is 6.04. The lowest BCUT2D eigenvalue weighted by atomic mass is 9.81. The van der Waals surface area contributed by atoms with Gasteiger partial charge in [0, 0.05) is 25.0 Å². The number of nitrogens with zero attached hydrogens (tertiary/aromatic N) is 1. The summed E-state index contributed by atoms with van der Waals surface area (Å²) in [5, 5.41) is 3.62. The lowest BCUT2D eigenvalue weighted by Crippen LogP contribution is -2.51. The van der Waals surface area contributed by atoms with Crippen molar-refractivity contribution >= 4 is 0 Å². The van der Waals surface area contributed by atoms with Crippen LogP contribution in [0.3, 0.4) is 0 Å². The van der Waals surface area contributed by atoms with E-state index in [0.717, 1.165) is 19.6 Å². The molecule has 3 unspecified atom stereocenters. The highest BCUT2D eigenvalue weighted by Gasteiger charge is 2.41. The SMILES string of the molecule is CCNC(C(C)c1ccncc1)C1(C)CCCO1.